The number of aromatic nitrogens is 1. The number of benzene rings is 1. The molecule has 0 unspecified atom stereocenters. The van der Waals surface area contributed by atoms with E-state index >= 15 is 0 Å². The van der Waals surface area contributed by atoms with Crippen molar-refractivity contribution in [1.82, 2.24) is 4.98 Å². The van der Waals surface area contributed by atoms with E-state index in [1.807, 2.05) is 18.2 Å². The van der Waals surface area contributed by atoms with Gasteiger partial charge in [-0.05, 0) is 12.1 Å². The minimum Gasteiger partial charge on any atom is -0.496 e. The molecule has 1 aromatic carbocycles. The number of nitrogens with zero attached hydrogens (tertiary/aromatic N) is 2. The van der Waals surface area contributed by atoms with Gasteiger partial charge in [0, 0.05) is 18.3 Å². The fraction of sp³-hybridized carbons (Fsp3) is 0.200. The van der Waals surface area contributed by atoms with Gasteiger partial charge in [-0.2, -0.15) is 5.10 Å². The smallest absolute Gasteiger partial charge is 0.146 e. The first-order chi connectivity index (χ1) is 10.3. The zero-order valence-electron chi connectivity index (χ0n) is 12.2. The van der Waals surface area contributed by atoms with E-state index in [1.165, 1.54) is 0 Å². The van der Waals surface area contributed by atoms with Crippen LogP contribution in [0.1, 0.15) is 5.56 Å². The van der Waals surface area contributed by atoms with Crippen LogP contribution >= 0.6 is 0 Å². The normalized spacial score (nSPS) is 10.4. The van der Waals surface area contributed by atoms with E-state index in [-0.39, 0.29) is 0 Å². The fourth-order valence-corrected chi connectivity index (χ4v) is 1.75. The van der Waals surface area contributed by atoms with E-state index in [0.717, 1.165) is 0 Å². The van der Waals surface area contributed by atoms with Gasteiger partial charge >= 0.3 is 0 Å². The van der Waals surface area contributed by atoms with E-state index in [1.54, 1.807) is 45.9 Å². The van der Waals surface area contributed by atoms with Crippen molar-refractivity contribution in [2.75, 3.05) is 26.8 Å². The standard InChI is InChI=1S/C15H17N3O3/c1-19-11-8-13(20-2)12(14(9-11)21-3)10-17-18-15-6-4-5-7-16-15/h4-10H,1-3H3,(H,16,18)/b17-10-. The lowest BCUT2D eigenvalue weighted by Gasteiger charge is -2.12. The first kappa shape index (κ1) is 14.6. The van der Waals surface area contributed by atoms with Crippen LogP contribution in [0.3, 0.4) is 0 Å². The Morgan fingerprint density at radius 3 is 2.29 bits per heavy atom. The number of anilines is 1. The van der Waals surface area contributed by atoms with Gasteiger partial charge in [0.05, 0.1) is 33.1 Å². The Bertz CT molecular complexity index is 590. The number of hydrogen-bond acceptors (Lipinski definition) is 6. The van der Waals surface area contributed by atoms with Gasteiger partial charge < -0.3 is 14.2 Å². The van der Waals surface area contributed by atoms with Crippen LogP contribution in [0.25, 0.3) is 0 Å². The Balaban J connectivity index is 2.25. The number of hydrazone groups is 1. The summed E-state index contributed by atoms with van der Waals surface area (Å²) in [6.07, 6.45) is 3.30. The third-order valence-corrected chi connectivity index (χ3v) is 2.79. The first-order valence-electron chi connectivity index (χ1n) is 6.28. The Labute approximate surface area is 123 Å². The summed E-state index contributed by atoms with van der Waals surface area (Å²) in [6.45, 7) is 0. The Morgan fingerprint density at radius 1 is 1.05 bits per heavy atom. The highest BCUT2D eigenvalue weighted by atomic mass is 16.5. The molecule has 0 aliphatic rings. The molecule has 2 rings (SSSR count). The summed E-state index contributed by atoms with van der Waals surface area (Å²) in [5, 5.41) is 4.15. The highest BCUT2D eigenvalue weighted by molar-refractivity contribution is 5.88. The second-order valence-electron chi connectivity index (χ2n) is 4.03. The van der Waals surface area contributed by atoms with Crippen molar-refractivity contribution in [2.45, 2.75) is 0 Å². The monoisotopic (exact) mass is 287 g/mol. The van der Waals surface area contributed by atoms with E-state index in [9.17, 15) is 0 Å². The van der Waals surface area contributed by atoms with Crippen molar-refractivity contribution in [2.24, 2.45) is 5.10 Å². The lowest BCUT2D eigenvalue weighted by Crippen LogP contribution is -1.99. The van der Waals surface area contributed by atoms with Crippen molar-refractivity contribution in [3.8, 4) is 17.2 Å². The molecule has 0 amide bonds. The summed E-state index contributed by atoms with van der Waals surface area (Å²) in [5.41, 5.74) is 3.55. The minimum absolute atomic E-state index is 0.609. The van der Waals surface area contributed by atoms with Gasteiger partial charge in [-0.15, -0.1) is 0 Å². The van der Waals surface area contributed by atoms with Gasteiger partial charge in [0.15, 0.2) is 0 Å². The SMILES string of the molecule is COc1cc(OC)c(/C=N\Nc2ccccn2)c(OC)c1. The maximum Gasteiger partial charge on any atom is 0.146 e. The minimum atomic E-state index is 0.609. The first-order valence-corrected chi connectivity index (χ1v) is 6.28. The van der Waals surface area contributed by atoms with E-state index in [2.05, 4.69) is 15.5 Å². The summed E-state index contributed by atoms with van der Waals surface area (Å²) in [4.78, 5) is 4.12. The number of nitrogens with one attached hydrogen (secondary N) is 1. The lowest BCUT2D eigenvalue weighted by atomic mass is 10.2. The molecule has 1 heterocycles. The predicted molar refractivity (Wildman–Crippen MR) is 81.6 cm³/mol. The van der Waals surface area contributed by atoms with Gasteiger partial charge in [-0.25, -0.2) is 4.98 Å². The molecular weight excluding hydrogens is 270 g/mol. The van der Waals surface area contributed by atoms with Gasteiger partial charge in [0.1, 0.15) is 23.1 Å². The average Bonchev–Trinajstić information content (AvgIpc) is 2.55. The molecule has 0 atom stereocenters. The van der Waals surface area contributed by atoms with Crippen molar-refractivity contribution in [1.29, 1.82) is 0 Å². The molecule has 0 aliphatic carbocycles. The summed E-state index contributed by atoms with van der Waals surface area (Å²) < 4.78 is 15.9. The average molecular weight is 287 g/mol. The summed E-state index contributed by atoms with van der Waals surface area (Å²) in [5.74, 6) is 2.52. The number of rotatable bonds is 6. The zero-order chi connectivity index (χ0) is 15.1. The van der Waals surface area contributed by atoms with Gasteiger partial charge in [0.2, 0.25) is 0 Å². The molecule has 1 N–H and O–H groups in total. The van der Waals surface area contributed by atoms with Crippen LogP contribution in [0.4, 0.5) is 5.82 Å². The van der Waals surface area contributed by atoms with E-state index in [0.29, 0.717) is 28.6 Å². The van der Waals surface area contributed by atoms with Crippen LogP contribution < -0.4 is 19.6 Å². The molecule has 0 radical (unpaired) electrons. The van der Waals surface area contributed by atoms with Crippen LogP contribution in [0, 0.1) is 0 Å². The third kappa shape index (κ3) is 3.62. The zero-order valence-corrected chi connectivity index (χ0v) is 12.2. The van der Waals surface area contributed by atoms with Crippen LogP contribution in [0.15, 0.2) is 41.6 Å². The van der Waals surface area contributed by atoms with Crippen LogP contribution in [0.2, 0.25) is 0 Å². The molecule has 1 aromatic heterocycles. The van der Waals surface area contributed by atoms with Crippen molar-refractivity contribution >= 4 is 12.0 Å². The second kappa shape index (κ2) is 7.14. The molecule has 0 saturated carbocycles. The largest absolute Gasteiger partial charge is 0.496 e. The molecule has 0 bridgehead atoms. The summed E-state index contributed by atoms with van der Waals surface area (Å²) >= 11 is 0. The number of methoxy groups -OCH3 is 3. The molecule has 110 valence electrons. The van der Waals surface area contributed by atoms with Gasteiger partial charge in [-0.1, -0.05) is 6.07 Å². The molecule has 0 spiro atoms. The number of hydrogen-bond donors (Lipinski definition) is 1. The third-order valence-electron chi connectivity index (χ3n) is 2.79. The number of pyridine rings is 1. The van der Waals surface area contributed by atoms with Crippen LogP contribution in [0.5, 0.6) is 17.2 Å². The van der Waals surface area contributed by atoms with Crippen LogP contribution in [-0.2, 0) is 0 Å². The molecule has 6 nitrogen and oxygen atoms in total. The van der Waals surface area contributed by atoms with Crippen LogP contribution in [-0.4, -0.2) is 32.5 Å². The predicted octanol–water partition coefficient (Wildman–Crippen LogP) is 2.55. The highest BCUT2D eigenvalue weighted by Gasteiger charge is 2.11. The quantitative estimate of drug-likeness (QED) is 0.653. The topological polar surface area (TPSA) is 65.0 Å². The molecular formula is C15H17N3O3. The molecule has 0 fully saturated rings. The number of ether oxygens (including phenoxy) is 3. The van der Waals surface area contributed by atoms with Crippen molar-refractivity contribution in [3.05, 3.63) is 42.1 Å². The summed E-state index contributed by atoms with van der Waals surface area (Å²) in [7, 11) is 4.75. The second-order valence-corrected chi connectivity index (χ2v) is 4.03. The van der Waals surface area contributed by atoms with E-state index < -0.39 is 0 Å². The summed E-state index contributed by atoms with van der Waals surface area (Å²) in [6, 6.07) is 9.07. The van der Waals surface area contributed by atoms with Gasteiger partial charge in [0.25, 0.3) is 0 Å². The Kier molecular flexibility index (Phi) is 4.98. The fourth-order valence-electron chi connectivity index (χ4n) is 1.75. The van der Waals surface area contributed by atoms with E-state index in [4.69, 9.17) is 14.2 Å². The Morgan fingerprint density at radius 2 is 1.76 bits per heavy atom. The molecule has 6 heteroatoms. The molecule has 0 aliphatic heterocycles. The molecule has 21 heavy (non-hydrogen) atoms. The van der Waals surface area contributed by atoms with Gasteiger partial charge in [-0.3, -0.25) is 5.43 Å². The molecule has 2 aromatic rings. The van der Waals surface area contributed by atoms with Crippen molar-refractivity contribution in [3.63, 3.8) is 0 Å². The Hall–Kier alpha value is -2.76. The maximum absolute atomic E-state index is 5.34. The van der Waals surface area contributed by atoms with Crippen molar-refractivity contribution < 1.29 is 14.2 Å². The molecule has 0 saturated heterocycles. The lowest BCUT2D eigenvalue weighted by molar-refractivity contribution is 0.374. The maximum atomic E-state index is 5.34. The highest BCUT2D eigenvalue weighted by Crippen LogP contribution is 2.32.